The van der Waals surface area contributed by atoms with E-state index in [1.165, 1.54) is 12.1 Å². The number of rotatable bonds is 7. The molecule has 0 fully saturated rings. The van der Waals surface area contributed by atoms with Gasteiger partial charge in [0.2, 0.25) is 0 Å². The third-order valence-corrected chi connectivity index (χ3v) is 4.25. The van der Waals surface area contributed by atoms with Crippen LogP contribution in [0.2, 0.25) is 0 Å². The van der Waals surface area contributed by atoms with Crippen LogP contribution in [0.25, 0.3) is 11.1 Å². The topological polar surface area (TPSA) is 70.9 Å². The molecule has 148 valence electrons. The van der Waals surface area contributed by atoms with Crippen molar-refractivity contribution in [2.75, 3.05) is 6.61 Å². The molecule has 0 aliphatic carbocycles. The highest BCUT2D eigenvalue weighted by atomic mass is 19.1. The molecule has 3 rings (SSSR count). The van der Waals surface area contributed by atoms with Crippen LogP contribution in [-0.4, -0.2) is 23.3 Å². The third-order valence-electron chi connectivity index (χ3n) is 4.25. The minimum atomic E-state index is -0.494. The van der Waals surface area contributed by atoms with Gasteiger partial charge in [0.05, 0.1) is 5.71 Å². The van der Waals surface area contributed by atoms with E-state index in [2.05, 4.69) is 10.5 Å². The van der Waals surface area contributed by atoms with Gasteiger partial charge in [0.1, 0.15) is 17.3 Å². The number of carbonyl (C=O) groups is 1. The first-order chi connectivity index (χ1) is 14.1. The van der Waals surface area contributed by atoms with Crippen molar-refractivity contribution in [3.8, 4) is 22.6 Å². The molecule has 6 heteroatoms. The summed E-state index contributed by atoms with van der Waals surface area (Å²) in [4.78, 5) is 12.2. The van der Waals surface area contributed by atoms with Crippen LogP contribution in [0.15, 0.2) is 77.9 Å². The number of phenolic OH excluding ortho intramolecular Hbond substituents is 1. The van der Waals surface area contributed by atoms with E-state index in [4.69, 9.17) is 4.74 Å². The van der Waals surface area contributed by atoms with E-state index in [1.807, 2.05) is 48.5 Å². The van der Waals surface area contributed by atoms with Crippen LogP contribution >= 0.6 is 0 Å². The maximum atomic E-state index is 13.5. The van der Waals surface area contributed by atoms with Gasteiger partial charge < -0.3 is 9.84 Å². The normalized spacial score (nSPS) is 11.2. The van der Waals surface area contributed by atoms with Crippen molar-refractivity contribution in [3.63, 3.8) is 0 Å². The third kappa shape index (κ3) is 5.19. The number of halogens is 1. The summed E-state index contributed by atoms with van der Waals surface area (Å²) < 4.78 is 19.1. The van der Waals surface area contributed by atoms with Gasteiger partial charge in [-0.3, -0.25) is 4.79 Å². The van der Waals surface area contributed by atoms with Crippen molar-refractivity contribution in [3.05, 3.63) is 84.2 Å². The lowest BCUT2D eigenvalue weighted by Crippen LogP contribution is -2.26. The molecule has 0 heterocycles. The fraction of sp³-hybridized carbons (Fsp3) is 0.130. The molecule has 5 nitrogen and oxygen atoms in total. The van der Waals surface area contributed by atoms with Gasteiger partial charge >= 0.3 is 0 Å². The van der Waals surface area contributed by atoms with Crippen molar-refractivity contribution in [1.29, 1.82) is 0 Å². The summed E-state index contributed by atoms with van der Waals surface area (Å²) in [6.45, 7) is 1.56. The molecule has 0 aromatic heterocycles. The smallest absolute Gasteiger partial charge is 0.277 e. The number of hydrogen-bond acceptors (Lipinski definition) is 4. The second-order valence-corrected chi connectivity index (χ2v) is 6.26. The first kappa shape index (κ1) is 20.1. The summed E-state index contributed by atoms with van der Waals surface area (Å²) in [5, 5.41) is 13.9. The number of carbonyl (C=O) groups excluding carboxylic acids is 1. The Morgan fingerprint density at radius 1 is 1.07 bits per heavy atom. The second-order valence-electron chi connectivity index (χ2n) is 6.26. The average molecular weight is 392 g/mol. The van der Waals surface area contributed by atoms with E-state index in [0.29, 0.717) is 17.9 Å². The summed E-state index contributed by atoms with van der Waals surface area (Å²) in [6.07, 6.45) is 0.398. The number of hydrazone groups is 1. The van der Waals surface area contributed by atoms with Crippen LogP contribution in [0.5, 0.6) is 11.5 Å². The molecule has 0 unspecified atom stereocenters. The van der Waals surface area contributed by atoms with Crippen molar-refractivity contribution < 1.29 is 19.0 Å². The fourth-order valence-corrected chi connectivity index (χ4v) is 2.82. The first-order valence-electron chi connectivity index (χ1n) is 9.20. The zero-order chi connectivity index (χ0) is 20.6. The lowest BCUT2D eigenvalue weighted by molar-refractivity contribution is -0.123. The number of amides is 1. The average Bonchev–Trinajstić information content (AvgIpc) is 2.76. The number of aromatic hydroxyl groups is 1. The summed E-state index contributed by atoms with van der Waals surface area (Å²) in [7, 11) is 0. The van der Waals surface area contributed by atoms with E-state index in [1.54, 1.807) is 13.0 Å². The number of hydrogen-bond donors (Lipinski definition) is 2. The zero-order valence-corrected chi connectivity index (χ0v) is 15.9. The van der Waals surface area contributed by atoms with Gasteiger partial charge in [-0.15, -0.1) is 0 Å². The molecule has 29 heavy (non-hydrogen) atoms. The number of nitrogens with zero attached hydrogens (tertiary/aromatic N) is 1. The SMILES string of the molecule is CC/C(=N\NC(=O)COc1ccccc1-c1ccccc1)c1cc(F)ccc1O. The van der Waals surface area contributed by atoms with E-state index in [-0.39, 0.29) is 17.9 Å². The number of benzene rings is 3. The second kappa shape index (κ2) is 9.50. The summed E-state index contributed by atoms with van der Waals surface area (Å²) in [5.41, 5.74) is 4.86. The van der Waals surface area contributed by atoms with Crippen LogP contribution in [0, 0.1) is 5.82 Å². The van der Waals surface area contributed by atoms with Crippen molar-refractivity contribution >= 4 is 11.6 Å². The summed E-state index contributed by atoms with van der Waals surface area (Å²) in [6, 6.07) is 20.8. The lowest BCUT2D eigenvalue weighted by Gasteiger charge is -2.11. The van der Waals surface area contributed by atoms with Gasteiger partial charge in [0, 0.05) is 11.1 Å². The highest BCUT2D eigenvalue weighted by Crippen LogP contribution is 2.29. The number of phenols is 1. The largest absolute Gasteiger partial charge is 0.507 e. The first-order valence-corrected chi connectivity index (χ1v) is 9.20. The van der Waals surface area contributed by atoms with Gasteiger partial charge in [0.15, 0.2) is 6.61 Å². The molecule has 2 N–H and O–H groups in total. The summed E-state index contributed by atoms with van der Waals surface area (Å²) in [5.74, 6) is -0.480. The van der Waals surface area contributed by atoms with Gasteiger partial charge in [-0.2, -0.15) is 5.10 Å². The Balaban J connectivity index is 1.68. The molecule has 0 spiro atoms. The molecule has 3 aromatic rings. The monoisotopic (exact) mass is 392 g/mol. The maximum Gasteiger partial charge on any atom is 0.277 e. The standard InChI is InChI=1S/C23H21FN2O3/c1-2-20(19-14-17(24)12-13-21(19)27)25-26-23(28)15-29-22-11-7-6-10-18(22)16-8-4-3-5-9-16/h3-14,27H,2,15H2,1H3,(H,26,28)/b25-20+. The number of ether oxygens (including phenoxy) is 1. The van der Waals surface area contributed by atoms with Crippen molar-refractivity contribution in [2.45, 2.75) is 13.3 Å². The Hall–Kier alpha value is -3.67. The molecule has 3 aromatic carbocycles. The molecule has 0 aliphatic heterocycles. The number of para-hydroxylation sites is 1. The molecule has 0 aliphatic rings. The van der Waals surface area contributed by atoms with Crippen LogP contribution in [0.4, 0.5) is 4.39 Å². The van der Waals surface area contributed by atoms with E-state index < -0.39 is 11.7 Å². The van der Waals surface area contributed by atoms with Gasteiger partial charge in [0.25, 0.3) is 5.91 Å². The number of nitrogens with one attached hydrogen (secondary N) is 1. The van der Waals surface area contributed by atoms with E-state index in [9.17, 15) is 14.3 Å². The van der Waals surface area contributed by atoms with Crippen LogP contribution in [0.3, 0.4) is 0 Å². The van der Waals surface area contributed by atoms with E-state index in [0.717, 1.165) is 17.2 Å². The minimum absolute atomic E-state index is 0.103. The Morgan fingerprint density at radius 2 is 1.79 bits per heavy atom. The van der Waals surface area contributed by atoms with Gasteiger partial charge in [-0.25, -0.2) is 9.82 Å². The molecular weight excluding hydrogens is 371 g/mol. The van der Waals surface area contributed by atoms with Crippen LogP contribution < -0.4 is 10.2 Å². The minimum Gasteiger partial charge on any atom is -0.507 e. The Labute approximate surface area is 168 Å². The lowest BCUT2D eigenvalue weighted by atomic mass is 10.1. The van der Waals surface area contributed by atoms with Crippen LogP contribution in [0.1, 0.15) is 18.9 Å². The van der Waals surface area contributed by atoms with Gasteiger partial charge in [-0.05, 0) is 36.2 Å². The molecule has 0 radical (unpaired) electrons. The van der Waals surface area contributed by atoms with Crippen molar-refractivity contribution in [2.24, 2.45) is 5.10 Å². The fourth-order valence-electron chi connectivity index (χ4n) is 2.82. The van der Waals surface area contributed by atoms with Gasteiger partial charge in [-0.1, -0.05) is 55.5 Å². The molecule has 0 atom stereocenters. The predicted octanol–water partition coefficient (Wildman–Crippen LogP) is 4.51. The maximum absolute atomic E-state index is 13.5. The van der Waals surface area contributed by atoms with Crippen molar-refractivity contribution in [1.82, 2.24) is 5.43 Å². The van der Waals surface area contributed by atoms with Crippen LogP contribution in [-0.2, 0) is 4.79 Å². The Bertz CT molecular complexity index is 1020. The molecule has 0 saturated carbocycles. The molecular formula is C23H21FN2O3. The quantitative estimate of drug-likeness (QED) is 0.459. The van der Waals surface area contributed by atoms with E-state index >= 15 is 0 Å². The molecule has 1 amide bonds. The zero-order valence-electron chi connectivity index (χ0n) is 15.9. The Morgan fingerprint density at radius 3 is 2.55 bits per heavy atom. The summed E-state index contributed by atoms with van der Waals surface area (Å²) >= 11 is 0. The molecule has 0 saturated heterocycles. The Kier molecular flexibility index (Phi) is 6.58. The predicted molar refractivity (Wildman–Crippen MR) is 110 cm³/mol. The highest BCUT2D eigenvalue weighted by Gasteiger charge is 2.11. The highest BCUT2D eigenvalue weighted by molar-refractivity contribution is 6.03. The molecule has 0 bridgehead atoms.